The van der Waals surface area contributed by atoms with Crippen LogP contribution in [0.15, 0.2) is 11.8 Å². The molecule has 0 bridgehead atoms. The van der Waals surface area contributed by atoms with Gasteiger partial charge in [-0.25, -0.2) is 0 Å². The van der Waals surface area contributed by atoms with E-state index in [2.05, 4.69) is 34.6 Å². The summed E-state index contributed by atoms with van der Waals surface area (Å²) in [5.74, 6) is 1.04. The monoisotopic (exact) mass is 418 g/mol. The van der Waals surface area contributed by atoms with Crippen LogP contribution in [-0.4, -0.2) is 65.1 Å². The zero-order valence-electron chi connectivity index (χ0n) is 18.6. The van der Waals surface area contributed by atoms with Crippen molar-refractivity contribution in [3.05, 3.63) is 11.8 Å². The Morgan fingerprint density at radius 1 is 1.17 bits per heavy atom. The molecule has 7 aliphatic rings. The van der Waals surface area contributed by atoms with Gasteiger partial charge < -0.3 is 28.8 Å². The Kier molecular flexibility index (Phi) is 3.32. The second-order valence-corrected chi connectivity index (χ2v) is 11.6. The van der Waals surface area contributed by atoms with E-state index < -0.39 is 5.60 Å². The molecular formula is C24H34O6. The molecule has 2 spiro atoms. The van der Waals surface area contributed by atoms with Gasteiger partial charge in [-0.3, -0.25) is 0 Å². The van der Waals surface area contributed by atoms with Gasteiger partial charge in [-0.05, 0) is 50.5 Å². The van der Waals surface area contributed by atoms with Crippen LogP contribution in [-0.2, 0) is 23.7 Å². The van der Waals surface area contributed by atoms with Gasteiger partial charge in [0, 0.05) is 11.3 Å². The SMILES string of the molecule is CC(C)OC1C2(C(C)C)OC2C2OC23C2(C)CCC4C(=COC4CO)C2CC2OC213. The number of aliphatic hydroxyl groups excluding tert-OH is 1. The fourth-order valence-corrected chi connectivity index (χ4v) is 8.59. The summed E-state index contributed by atoms with van der Waals surface area (Å²) < 4.78 is 32.5. The lowest BCUT2D eigenvalue weighted by atomic mass is 9.45. The van der Waals surface area contributed by atoms with Gasteiger partial charge in [-0.2, -0.15) is 0 Å². The molecule has 6 fully saturated rings. The average molecular weight is 419 g/mol. The van der Waals surface area contributed by atoms with Gasteiger partial charge in [0.1, 0.15) is 35.6 Å². The van der Waals surface area contributed by atoms with E-state index in [9.17, 15) is 5.11 Å². The molecular weight excluding hydrogens is 384 g/mol. The van der Waals surface area contributed by atoms with E-state index in [-0.39, 0.29) is 59.8 Å². The van der Waals surface area contributed by atoms with Crippen LogP contribution >= 0.6 is 0 Å². The van der Waals surface area contributed by atoms with Gasteiger partial charge in [0.05, 0.1) is 25.1 Å². The summed E-state index contributed by atoms with van der Waals surface area (Å²) in [6.07, 6.45) is 5.28. The van der Waals surface area contributed by atoms with Gasteiger partial charge >= 0.3 is 0 Å². The smallest absolute Gasteiger partial charge is 0.156 e. The van der Waals surface area contributed by atoms with Crippen LogP contribution in [0.2, 0.25) is 0 Å². The van der Waals surface area contributed by atoms with Gasteiger partial charge in [-0.15, -0.1) is 0 Å². The van der Waals surface area contributed by atoms with Gasteiger partial charge in [0.15, 0.2) is 5.60 Å². The number of ether oxygens (including phenoxy) is 5. The maximum absolute atomic E-state index is 9.77. The first-order chi connectivity index (χ1) is 14.3. The lowest BCUT2D eigenvalue weighted by Crippen LogP contribution is -2.70. The van der Waals surface area contributed by atoms with Crippen LogP contribution in [0.4, 0.5) is 0 Å². The number of rotatable bonds is 4. The third kappa shape index (κ3) is 1.71. The van der Waals surface area contributed by atoms with Crippen molar-refractivity contribution in [1.29, 1.82) is 0 Å². The molecule has 4 heterocycles. The average Bonchev–Trinajstić information content (AvgIpc) is 3.58. The summed E-state index contributed by atoms with van der Waals surface area (Å²) in [7, 11) is 0. The van der Waals surface area contributed by atoms with E-state index in [0.717, 1.165) is 19.3 Å². The summed E-state index contributed by atoms with van der Waals surface area (Å²) in [5.41, 5.74) is 0.314. The van der Waals surface area contributed by atoms with E-state index in [1.807, 2.05) is 6.26 Å². The molecule has 3 aliphatic carbocycles. The molecule has 4 aliphatic heterocycles. The first kappa shape index (κ1) is 18.9. The molecule has 0 amide bonds. The van der Waals surface area contributed by atoms with Crippen molar-refractivity contribution in [1.82, 2.24) is 0 Å². The molecule has 11 unspecified atom stereocenters. The van der Waals surface area contributed by atoms with Crippen LogP contribution in [0, 0.1) is 23.2 Å². The summed E-state index contributed by atoms with van der Waals surface area (Å²) in [6.45, 7) is 11.2. The van der Waals surface area contributed by atoms with E-state index in [1.165, 1.54) is 5.57 Å². The molecule has 30 heavy (non-hydrogen) atoms. The van der Waals surface area contributed by atoms with E-state index in [0.29, 0.717) is 17.8 Å². The third-order valence-electron chi connectivity index (χ3n) is 9.98. The highest BCUT2D eigenvalue weighted by Gasteiger charge is 3.00. The Balaban J connectivity index is 1.33. The fourth-order valence-electron chi connectivity index (χ4n) is 8.59. The van der Waals surface area contributed by atoms with Crippen LogP contribution in [0.25, 0.3) is 0 Å². The minimum absolute atomic E-state index is 0.0333. The molecule has 6 nitrogen and oxygen atoms in total. The lowest BCUT2D eigenvalue weighted by molar-refractivity contribution is -0.144. The minimum atomic E-state index is -0.395. The van der Waals surface area contributed by atoms with Crippen molar-refractivity contribution >= 4 is 0 Å². The van der Waals surface area contributed by atoms with Crippen molar-refractivity contribution in [3.63, 3.8) is 0 Å². The Morgan fingerprint density at radius 3 is 2.67 bits per heavy atom. The molecule has 6 heteroatoms. The molecule has 0 radical (unpaired) electrons. The largest absolute Gasteiger partial charge is 0.495 e. The predicted octanol–water partition coefficient (Wildman–Crippen LogP) is 2.57. The molecule has 0 aromatic carbocycles. The summed E-state index contributed by atoms with van der Waals surface area (Å²) in [4.78, 5) is 0. The van der Waals surface area contributed by atoms with E-state index in [1.54, 1.807) is 0 Å². The van der Waals surface area contributed by atoms with Crippen LogP contribution in [0.3, 0.4) is 0 Å². The van der Waals surface area contributed by atoms with E-state index >= 15 is 0 Å². The highest BCUT2D eigenvalue weighted by Crippen LogP contribution is 2.83. The van der Waals surface area contributed by atoms with Crippen molar-refractivity contribution in [2.75, 3.05) is 6.61 Å². The van der Waals surface area contributed by atoms with Crippen LogP contribution < -0.4 is 0 Å². The number of aliphatic hydroxyl groups is 1. The highest BCUT2D eigenvalue weighted by atomic mass is 16.8. The first-order valence-electron chi connectivity index (χ1n) is 11.9. The van der Waals surface area contributed by atoms with Gasteiger partial charge in [0.25, 0.3) is 0 Å². The third-order valence-corrected chi connectivity index (χ3v) is 9.98. The Labute approximate surface area is 178 Å². The van der Waals surface area contributed by atoms with Crippen molar-refractivity contribution in [3.8, 4) is 0 Å². The minimum Gasteiger partial charge on any atom is -0.495 e. The standard InChI is InChI=1S/C24H34O6/c1-11(2)22-18(29-22)19-24(30-19)21(5)7-6-13-14(10-26-16(13)9-25)15(21)8-17-23(24,28-17)20(22)27-12(3)4/h10-13,15-20,25H,6-9H2,1-5H3. The predicted molar refractivity (Wildman–Crippen MR) is 107 cm³/mol. The lowest BCUT2D eigenvalue weighted by Gasteiger charge is -2.55. The summed E-state index contributed by atoms with van der Waals surface area (Å²) in [5, 5.41) is 9.77. The topological polar surface area (TPSA) is 76.3 Å². The fraction of sp³-hybridized carbons (Fsp3) is 0.917. The Hall–Kier alpha value is -0.660. The van der Waals surface area contributed by atoms with Crippen molar-refractivity contribution in [2.45, 2.75) is 107 Å². The normalized spacial score (nSPS) is 61.1. The Bertz CT molecular complexity index is 840. The maximum atomic E-state index is 9.77. The van der Waals surface area contributed by atoms with E-state index in [4.69, 9.17) is 23.7 Å². The molecule has 11 atom stereocenters. The van der Waals surface area contributed by atoms with Crippen LogP contribution in [0.5, 0.6) is 0 Å². The number of epoxide rings is 3. The molecule has 3 saturated heterocycles. The first-order valence-corrected chi connectivity index (χ1v) is 11.9. The molecule has 0 aromatic heterocycles. The number of hydrogen-bond acceptors (Lipinski definition) is 6. The second-order valence-electron chi connectivity index (χ2n) is 11.6. The number of fused-ring (bicyclic) bond motifs is 5. The summed E-state index contributed by atoms with van der Waals surface area (Å²) >= 11 is 0. The molecule has 1 N–H and O–H groups in total. The van der Waals surface area contributed by atoms with Crippen LogP contribution in [0.1, 0.15) is 53.9 Å². The second kappa shape index (κ2) is 5.28. The molecule has 7 rings (SSSR count). The zero-order chi connectivity index (χ0) is 20.8. The maximum Gasteiger partial charge on any atom is 0.156 e. The Morgan fingerprint density at radius 2 is 1.97 bits per heavy atom. The number of hydrogen-bond donors (Lipinski definition) is 1. The summed E-state index contributed by atoms with van der Waals surface area (Å²) in [6, 6.07) is 0. The van der Waals surface area contributed by atoms with Crippen molar-refractivity contribution in [2.24, 2.45) is 23.2 Å². The molecule has 0 aromatic rings. The van der Waals surface area contributed by atoms with Crippen molar-refractivity contribution < 1.29 is 28.8 Å². The highest BCUT2D eigenvalue weighted by molar-refractivity contribution is 5.49. The quantitative estimate of drug-likeness (QED) is 0.708. The zero-order valence-corrected chi connectivity index (χ0v) is 18.6. The molecule has 3 saturated carbocycles. The molecule has 166 valence electrons. The van der Waals surface area contributed by atoms with Gasteiger partial charge in [0.2, 0.25) is 0 Å². The van der Waals surface area contributed by atoms with Gasteiger partial charge in [-0.1, -0.05) is 20.8 Å².